The van der Waals surface area contributed by atoms with Crippen molar-refractivity contribution >= 4 is 0 Å². The third-order valence-corrected chi connectivity index (χ3v) is 0.841. The fraction of sp³-hybridized carbons (Fsp3) is 0.429. The summed E-state index contributed by atoms with van der Waals surface area (Å²) in [6.45, 7) is 0.637. The van der Waals surface area contributed by atoms with E-state index < -0.39 is 6.61 Å². The first-order valence-electron chi connectivity index (χ1n) is 2.94. The van der Waals surface area contributed by atoms with E-state index in [1.165, 1.54) is 12.2 Å². The van der Waals surface area contributed by atoms with Crippen molar-refractivity contribution in [2.45, 2.75) is 20.5 Å². The number of hydrogen-bond acceptors (Lipinski definition) is 1. The molecule has 0 aromatic rings. The molecule has 0 aromatic carbocycles. The van der Waals surface area contributed by atoms with Gasteiger partial charge < -0.3 is 4.74 Å². The van der Waals surface area contributed by atoms with Gasteiger partial charge in [0.05, 0.1) is 0 Å². The quantitative estimate of drug-likeness (QED) is 0.441. The molecule has 0 unspecified atom stereocenters. The van der Waals surface area contributed by atoms with Gasteiger partial charge in [0.15, 0.2) is 0 Å². The van der Waals surface area contributed by atoms with E-state index in [0.717, 1.165) is 0 Å². The lowest BCUT2D eigenvalue weighted by molar-refractivity contribution is -0.0921. The van der Waals surface area contributed by atoms with Crippen molar-refractivity contribution in [3.05, 3.63) is 24.0 Å². The van der Waals surface area contributed by atoms with Crippen LogP contribution in [-0.4, -0.2) is 6.61 Å². The zero-order chi connectivity index (χ0) is 7.98. The topological polar surface area (TPSA) is 9.23 Å². The summed E-state index contributed by atoms with van der Waals surface area (Å²) in [5, 5.41) is 0. The average molecular weight is 148 g/mol. The lowest BCUT2D eigenvalue weighted by Crippen LogP contribution is -1.96. The van der Waals surface area contributed by atoms with Crippen LogP contribution < -0.4 is 0 Å². The molecule has 0 atom stereocenters. The second kappa shape index (κ2) is 4.97. The van der Waals surface area contributed by atoms with Gasteiger partial charge in [-0.05, 0) is 26.0 Å². The van der Waals surface area contributed by atoms with Gasteiger partial charge in [0, 0.05) is 0 Å². The van der Waals surface area contributed by atoms with Crippen molar-refractivity contribution in [3.63, 3.8) is 0 Å². The minimum Gasteiger partial charge on any atom is -0.435 e. The third kappa shape index (κ3) is 4.06. The Labute approximate surface area is 59.0 Å². The highest BCUT2D eigenvalue weighted by Gasteiger charge is 2.01. The Hall–Kier alpha value is -0.860. The third-order valence-electron chi connectivity index (χ3n) is 0.841. The van der Waals surface area contributed by atoms with Crippen LogP contribution >= 0.6 is 0 Å². The van der Waals surface area contributed by atoms with Gasteiger partial charge in [0.1, 0.15) is 5.76 Å². The van der Waals surface area contributed by atoms with Crippen molar-refractivity contribution in [1.82, 2.24) is 0 Å². The van der Waals surface area contributed by atoms with Crippen LogP contribution in [-0.2, 0) is 4.74 Å². The van der Waals surface area contributed by atoms with Crippen LogP contribution in [0.1, 0.15) is 13.8 Å². The number of hydrogen-bond donors (Lipinski definition) is 0. The molecule has 0 aliphatic heterocycles. The molecule has 58 valence electrons. The first-order valence-corrected chi connectivity index (χ1v) is 2.94. The van der Waals surface area contributed by atoms with Crippen LogP contribution in [0.2, 0.25) is 0 Å². The van der Waals surface area contributed by atoms with Gasteiger partial charge in [-0.3, -0.25) is 0 Å². The van der Waals surface area contributed by atoms with Crippen molar-refractivity contribution < 1.29 is 13.5 Å². The molecule has 0 aliphatic rings. The van der Waals surface area contributed by atoms with Gasteiger partial charge in [0.2, 0.25) is 0 Å². The highest BCUT2D eigenvalue weighted by molar-refractivity contribution is 5.09. The molecule has 0 aromatic heterocycles. The lowest BCUT2D eigenvalue weighted by Gasteiger charge is -2.02. The van der Waals surface area contributed by atoms with Crippen LogP contribution in [0.4, 0.5) is 8.78 Å². The SMILES string of the molecule is C/C=C\C(=C/C)OC(F)F. The molecular weight excluding hydrogens is 138 g/mol. The molecule has 0 saturated heterocycles. The number of alkyl halides is 2. The average Bonchev–Trinajstić information content (AvgIpc) is 1.86. The second-order valence-electron chi connectivity index (χ2n) is 1.57. The van der Waals surface area contributed by atoms with Crippen LogP contribution in [0.15, 0.2) is 24.0 Å². The first kappa shape index (κ1) is 9.14. The van der Waals surface area contributed by atoms with Gasteiger partial charge in [-0.15, -0.1) is 0 Å². The largest absolute Gasteiger partial charge is 0.435 e. The maximum atomic E-state index is 11.5. The Morgan fingerprint density at radius 2 is 2.00 bits per heavy atom. The van der Waals surface area contributed by atoms with E-state index in [2.05, 4.69) is 4.74 Å². The highest BCUT2D eigenvalue weighted by Crippen LogP contribution is 2.05. The molecule has 0 radical (unpaired) electrons. The molecule has 0 heterocycles. The molecular formula is C7H10F2O. The molecule has 0 fully saturated rings. The summed E-state index contributed by atoms with van der Waals surface area (Å²) in [7, 11) is 0. The summed E-state index contributed by atoms with van der Waals surface area (Å²) in [5.41, 5.74) is 0. The number of rotatable bonds is 3. The number of ether oxygens (including phenoxy) is 1. The smallest absolute Gasteiger partial charge is 0.387 e. The van der Waals surface area contributed by atoms with Crippen LogP contribution in [0.5, 0.6) is 0 Å². The summed E-state index contributed by atoms with van der Waals surface area (Å²) in [6, 6.07) is 0. The van der Waals surface area contributed by atoms with Gasteiger partial charge >= 0.3 is 6.61 Å². The molecule has 3 heteroatoms. The van der Waals surface area contributed by atoms with Gasteiger partial charge in [-0.1, -0.05) is 6.08 Å². The molecule has 0 amide bonds. The zero-order valence-corrected chi connectivity index (χ0v) is 5.97. The van der Waals surface area contributed by atoms with E-state index in [0.29, 0.717) is 0 Å². The van der Waals surface area contributed by atoms with Crippen LogP contribution in [0.25, 0.3) is 0 Å². The first-order chi connectivity index (χ1) is 4.70. The Balaban J connectivity index is 3.86. The maximum Gasteiger partial charge on any atom is 0.387 e. The van der Waals surface area contributed by atoms with E-state index in [-0.39, 0.29) is 5.76 Å². The molecule has 0 bridgehead atoms. The molecule has 0 rings (SSSR count). The zero-order valence-electron chi connectivity index (χ0n) is 5.97. The summed E-state index contributed by atoms with van der Waals surface area (Å²) < 4.78 is 27.1. The summed E-state index contributed by atoms with van der Waals surface area (Å²) in [4.78, 5) is 0. The van der Waals surface area contributed by atoms with E-state index >= 15 is 0 Å². The number of halogens is 2. The van der Waals surface area contributed by atoms with Crippen molar-refractivity contribution in [1.29, 1.82) is 0 Å². The van der Waals surface area contributed by atoms with Crippen LogP contribution in [0, 0.1) is 0 Å². The Kier molecular flexibility index (Phi) is 4.54. The summed E-state index contributed by atoms with van der Waals surface area (Å²) >= 11 is 0. The minimum absolute atomic E-state index is 0.192. The molecule has 1 nitrogen and oxygen atoms in total. The van der Waals surface area contributed by atoms with E-state index in [1.54, 1.807) is 19.9 Å². The minimum atomic E-state index is -2.73. The number of allylic oxidation sites excluding steroid dienone is 3. The van der Waals surface area contributed by atoms with E-state index in [9.17, 15) is 8.78 Å². The van der Waals surface area contributed by atoms with Crippen molar-refractivity contribution in [2.75, 3.05) is 0 Å². The van der Waals surface area contributed by atoms with Crippen LogP contribution in [0.3, 0.4) is 0 Å². The van der Waals surface area contributed by atoms with Gasteiger partial charge in [0.25, 0.3) is 0 Å². The molecule has 0 saturated carbocycles. The normalized spacial score (nSPS) is 13.1. The van der Waals surface area contributed by atoms with Crippen molar-refractivity contribution in [2.24, 2.45) is 0 Å². The Morgan fingerprint density at radius 3 is 2.30 bits per heavy atom. The Morgan fingerprint density at radius 1 is 1.40 bits per heavy atom. The van der Waals surface area contributed by atoms with Crippen molar-refractivity contribution in [3.8, 4) is 0 Å². The fourth-order valence-electron chi connectivity index (χ4n) is 0.471. The van der Waals surface area contributed by atoms with Gasteiger partial charge in [-0.25, -0.2) is 0 Å². The lowest BCUT2D eigenvalue weighted by atomic mass is 10.4. The predicted octanol–water partition coefficient (Wildman–Crippen LogP) is 2.71. The Bertz CT molecular complexity index is 139. The summed E-state index contributed by atoms with van der Waals surface area (Å²) in [5.74, 6) is 0.192. The van der Waals surface area contributed by atoms with Gasteiger partial charge in [-0.2, -0.15) is 8.78 Å². The fourth-order valence-corrected chi connectivity index (χ4v) is 0.471. The summed E-state index contributed by atoms with van der Waals surface area (Å²) in [6.07, 6.45) is 4.59. The maximum absolute atomic E-state index is 11.5. The molecule has 0 aliphatic carbocycles. The highest BCUT2D eigenvalue weighted by atomic mass is 19.3. The van der Waals surface area contributed by atoms with E-state index in [4.69, 9.17) is 0 Å². The molecule has 0 spiro atoms. The standard InChI is InChI=1S/C7H10F2O/c1-3-5-6(4-2)10-7(8)9/h3-5,7H,1-2H3/b5-3-,6-4+. The van der Waals surface area contributed by atoms with E-state index in [1.807, 2.05) is 0 Å². The second-order valence-corrected chi connectivity index (χ2v) is 1.57. The predicted molar refractivity (Wildman–Crippen MR) is 35.7 cm³/mol. The monoisotopic (exact) mass is 148 g/mol. The molecule has 0 N–H and O–H groups in total. The molecule has 10 heavy (non-hydrogen) atoms.